The van der Waals surface area contributed by atoms with Crippen LogP contribution in [-0.4, -0.2) is 16.8 Å². The van der Waals surface area contributed by atoms with E-state index in [1.807, 2.05) is 15.9 Å². The Hall–Kier alpha value is -0.190. The van der Waals surface area contributed by atoms with E-state index in [1.165, 1.54) is 0 Å². The minimum Gasteiger partial charge on any atom is -0.347 e. The van der Waals surface area contributed by atoms with Gasteiger partial charge in [-0.15, -0.1) is 0 Å². The third kappa shape index (κ3) is 3.58. The zero-order chi connectivity index (χ0) is 9.90. The van der Waals surface area contributed by atoms with Gasteiger partial charge in [-0.1, -0.05) is 19.3 Å². The molecule has 1 aliphatic carbocycles. The van der Waals surface area contributed by atoms with Crippen molar-refractivity contribution < 1.29 is 13.6 Å². The van der Waals surface area contributed by atoms with Gasteiger partial charge in [-0.25, -0.2) is 0 Å². The minimum atomic E-state index is -3.43. The number of alkyl halides is 3. The van der Waals surface area contributed by atoms with E-state index in [0.717, 1.165) is 32.1 Å². The summed E-state index contributed by atoms with van der Waals surface area (Å²) in [5.74, 6) is -1.22. The predicted octanol–water partition coefficient (Wildman–Crippen LogP) is 2.42. The van der Waals surface area contributed by atoms with Crippen LogP contribution in [0.5, 0.6) is 0 Å². The standard InChI is InChI=1S/C8H12BrF2NO/c9-8(10,11)7(13)12-6-4-2-1-3-5-6/h6H,1-5H2,(H,12,13). The first-order valence-electron chi connectivity index (χ1n) is 4.38. The lowest BCUT2D eigenvalue weighted by molar-refractivity contribution is -0.135. The second-order valence-corrected chi connectivity index (χ2v) is 4.30. The fourth-order valence-electron chi connectivity index (χ4n) is 1.51. The van der Waals surface area contributed by atoms with Crippen molar-refractivity contribution in [1.29, 1.82) is 0 Å². The van der Waals surface area contributed by atoms with Crippen LogP contribution >= 0.6 is 15.9 Å². The molecule has 0 aromatic carbocycles. The topological polar surface area (TPSA) is 29.1 Å². The maximum Gasteiger partial charge on any atom is 0.377 e. The highest BCUT2D eigenvalue weighted by molar-refractivity contribution is 9.10. The van der Waals surface area contributed by atoms with E-state index in [1.54, 1.807) is 0 Å². The van der Waals surface area contributed by atoms with E-state index >= 15 is 0 Å². The van der Waals surface area contributed by atoms with E-state index in [2.05, 4.69) is 5.32 Å². The molecule has 0 saturated heterocycles. The molecule has 0 heterocycles. The molecule has 13 heavy (non-hydrogen) atoms. The normalized spacial score (nSPS) is 19.9. The number of amides is 1. The maximum absolute atomic E-state index is 12.4. The Morgan fingerprint density at radius 3 is 2.31 bits per heavy atom. The van der Waals surface area contributed by atoms with E-state index in [0.29, 0.717) is 0 Å². The fraction of sp³-hybridized carbons (Fsp3) is 0.875. The van der Waals surface area contributed by atoms with Gasteiger partial charge in [0, 0.05) is 22.0 Å². The molecule has 0 unspecified atom stereocenters. The molecule has 1 fully saturated rings. The number of carbonyl (C=O) groups is 1. The molecule has 0 aromatic rings. The van der Waals surface area contributed by atoms with Crippen LogP contribution in [0.25, 0.3) is 0 Å². The van der Waals surface area contributed by atoms with Gasteiger partial charge in [0.05, 0.1) is 0 Å². The Balaban J connectivity index is 2.35. The van der Waals surface area contributed by atoms with Gasteiger partial charge in [0.25, 0.3) is 0 Å². The van der Waals surface area contributed by atoms with Gasteiger partial charge < -0.3 is 5.32 Å². The van der Waals surface area contributed by atoms with Crippen molar-refractivity contribution in [3.8, 4) is 0 Å². The summed E-state index contributed by atoms with van der Waals surface area (Å²) in [6.45, 7) is 0. The zero-order valence-electron chi connectivity index (χ0n) is 7.16. The highest BCUT2D eigenvalue weighted by Crippen LogP contribution is 2.23. The Labute approximate surface area is 84.2 Å². The SMILES string of the molecule is O=C(NC1CCCCC1)C(F)(F)Br. The molecule has 1 saturated carbocycles. The van der Waals surface area contributed by atoms with E-state index in [-0.39, 0.29) is 6.04 Å². The third-order valence-corrected chi connectivity index (χ3v) is 2.56. The summed E-state index contributed by atoms with van der Waals surface area (Å²) in [6, 6.07) is -0.0651. The Morgan fingerprint density at radius 1 is 1.31 bits per heavy atom. The smallest absolute Gasteiger partial charge is 0.347 e. The lowest BCUT2D eigenvalue weighted by Gasteiger charge is -2.23. The molecular formula is C8H12BrF2NO. The molecule has 2 nitrogen and oxygen atoms in total. The van der Waals surface area contributed by atoms with Crippen molar-refractivity contribution in [3.05, 3.63) is 0 Å². The molecule has 0 aliphatic heterocycles. The lowest BCUT2D eigenvalue weighted by Crippen LogP contribution is -2.43. The molecule has 1 aliphatic rings. The van der Waals surface area contributed by atoms with Gasteiger partial charge in [-0.2, -0.15) is 8.78 Å². The summed E-state index contributed by atoms with van der Waals surface area (Å²) < 4.78 is 24.8. The van der Waals surface area contributed by atoms with Crippen LogP contribution in [0, 0.1) is 0 Å². The van der Waals surface area contributed by atoms with Crippen LogP contribution in [0.2, 0.25) is 0 Å². The van der Waals surface area contributed by atoms with Crippen LogP contribution in [0.1, 0.15) is 32.1 Å². The van der Waals surface area contributed by atoms with Crippen LogP contribution in [0.15, 0.2) is 0 Å². The molecule has 1 rings (SSSR count). The minimum absolute atomic E-state index is 0.0651. The van der Waals surface area contributed by atoms with Crippen molar-refractivity contribution in [1.82, 2.24) is 5.32 Å². The Kier molecular flexibility index (Phi) is 3.64. The summed E-state index contributed by atoms with van der Waals surface area (Å²) in [7, 11) is 0. The van der Waals surface area contributed by atoms with Crippen LogP contribution in [-0.2, 0) is 4.79 Å². The summed E-state index contributed by atoms with van der Waals surface area (Å²) in [5, 5.41) is 2.32. The molecule has 0 aromatic heterocycles. The molecule has 1 N–H and O–H groups in total. The molecule has 0 radical (unpaired) electrons. The zero-order valence-corrected chi connectivity index (χ0v) is 8.74. The van der Waals surface area contributed by atoms with Crippen molar-refractivity contribution in [2.24, 2.45) is 0 Å². The molecule has 0 atom stereocenters. The highest BCUT2D eigenvalue weighted by Gasteiger charge is 2.36. The average molecular weight is 256 g/mol. The summed E-state index contributed by atoms with van der Waals surface area (Å²) in [5.41, 5.74) is 0. The average Bonchev–Trinajstić information content (AvgIpc) is 2.04. The predicted molar refractivity (Wildman–Crippen MR) is 48.9 cm³/mol. The molecule has 0 bridgehead atoms. The van der Waals surface area contributed by atoms with Gasteiger partial charge >= 0.3 is 10.7 Å². The first-order valence-corrected chi connectivity index (χ1v) is 5.17. The van der Waals surface area contributed by atoms with Crippen molar-refractivity contribution in [2.45, 2.75) is 43.0 Å². The van der Waals surface area contributed by atoms with Gasteiger partial charge in [0.2, 0.25) is 0 Å². The molecule has 76 valence electrons. The van der Waals surface area contributed by atoms with Crippen molar-refractivity contribution in [3.63, 3.8) is 0 Å². The van der Waals surface area contributed by atoms with E-state index < -0.39 is 10.7 Å². The number of hydrogen-bond donors (Lipinski definition) is 1. The van der Waals surface area contributed by atoms with Crippen molar-refractivity contribution in [2.75, 3.05) is 0 Å². The second-order valence-electron chi connectivity index (χ2n) is 3.31. The molecule has 5 heteroatoms. The van der Waals surface area contributed by atoms with Gasteiger partial charge in [0.15, 0.2) is 0 Å². The van der Waals surface area contributed by atoms with Crippen LogP contribution in [0.4, 0.5) is 8.78 Å². The Morgan fingerprint density at radius 2 is 1.85 bits per heavy atom. The third-order valence-electron chi connectivity index (χ3n) is 2.20. The highest BCUT2D eigenvalue weighted by atomic mass is 79.9. The van der Waals surface area contributed by atoms with Gasteiger partial charge in [-0.05, 0) is 12.8 Å². The Bertz CT molecular complexity index is 187. The largest absolute Gasteiger partial charge is 0.377 e. The van der Waals surface area contributed by atoms with Gasteiger partial charge in [-0.3, -0.25) is 4.79 Å². The van der Waals surface area contributed by atoms with Crippen LogP contribution < -0.4 is 5.32 Å². The number of halogens is 3. The van der Waals surface area contributed by atoms with Gasteiger partial charge in [0.1, 0.15) is 0 Å². The van der Waals surface area contributed by atoms with Crippen molar-refractivity contribution >= 4 is 21.8 Å². The lowest BCUT2D eigenvalue weighted by atomic mass is 9.95. The number of nitrogens with one attached hydrogen (secondary N) is 1. The molecular weight excluding hydrogens is 244 g/mol. The first kappa shape index (κ1) is 10.9. The van der Waals surface area contributed by atoms with Crippen LogP contribution in [0.3, 0.4) is 0 Å². The maximum atomic E-state index is 12.4. The number of carbonyl (C=O) groups excluding carboxylic acids is 1. The molecule has 1 amide bonds. The summed E-state index contributed by atoms with van der Waals surface area (Å²) in [6.07, 6.45) is 4.79. The number of hydrogen-bond acceptors (Lipinski definition) is 1. The fourth-order valence-corrected chi connectivity index (χ4v) is 1.63. The van der Waals surface area contributed by atoms with E-state index in [9.17, 15) is 13.6 Å². The first-order chi connectivity index (χ1) is 6.00. The molecule has 0 spiro atoms. The van der Waals surface area contributed by atoms with E-state index in [4.69, 9.17) is 0 Å². The summed E-state index contributed by atoms with van der Waals surface area (Å²) >= 11 is 2.03. The second kappa shape index (κ2) is 4.35. The monoisotopic (exact) mass is 255 g/mol. The quantitative estimate of drug-likeness (QED) is 0.755. The summed E-state index contributed by atoms with van der Waals surface area (Å²) in [4.78, 5) is 7.40. The number of rotatable bonds is 2.